The Balaban J connectivity index is 2.10. The van der Waals surface area contributed by atoms with Crippen LogP contribution in [-0.4, -0.2) is 22.9 Å². The lowest BCUT2D eigenvalue weighted by Gasteiger charge is -2.47. The second-order valence-electron chi connectivity index (χ2n) is 4.77. The predicted molar refractivity (Wildman–Crippen MR) is 76.8 cm³/mol. The summed E-state index contributed by atoms with van der Waals surface area (Å²) in [6.07, 6.45) is 0. The fourth-order valence-corrected chi connectivity index (χ4v) is 5.47. The van der Waals surface area contributed by atoms with Gasteiger partial charge in [0.1, 0.15) is 11.2 Å². The number of hydrogen-bond acceptors (Lipinski definition) is 5. The van der Waals surface area contributed by atoms with E-state index < -0.39 is 10.5 Å². The molecule has 1 aromatic rings. The van der Waals surface area contributed by atoms with E-state index in [0.717, 1.165) is 22.3 Å². The molecular formula is C13H14N2OS2. The highest BCUT2D eigenvalue weighted by Crippen LogP contribution is 2.58. The normalized spacial score (nSPS) is 33.9. The van der Waals surface area contributed by atoms with Crippen molar-refractivity contribution in [1.29, 1.82) is 5.26 Å². The average Bonchev–Trinajstić information content (AvgIpc) is 2.69. The minimum Gasteiger partial charge on any atom is -0.455 e. The number of fused-ring (bicyclic) bond motifs is 1. The van der Waals surface area contributed by atoms with Gasteiger partial charge in [-0.2, -0.15) is 5.26 Å². The van der Waals surface area contributed by atoms with Gasteiger partial charge >= 0.3 is 0 Å². The molecular weight excluding hydrogens is 264 g/mol. The SMILES string of the molecule is CN1c2ccccc2OC12SCSCC2(C)C#N. The molecule has 1 spiro atoms. The second-order valence-corrected chi connectivity index (χ2v) is 7.25. The van der Waals surface area contributed by atoms with Gasteiger partial charge < -0.3 is 9.64 Å². The Morgan fingerprint density at radius 3 is 2.94 bits per heavy atom. The molecule has 0 aliphatic carbocycles. The van der Waals surface area contributed by atoms with E-state index in [9.17, 15) is 5.26 Å². The van der Waals surface area contributed by atoms with Crippen LogP contribution >= 0.6 is 23.5 Å². The summed E-state index contributed by atoms with van der Waals surface area (Å²) in [5, 5.41) is 9.96. The first-order chi connectivity index (χ1) is 8.63. The first kappa shape index (κ1) is 12.1. The molecule has 2 atom stereocenters. The Bertz CT molecular complexity index is 530. The fraction of sp³-hybridized carbons (Fsp3) is 0.462. The number of rotatable bonds is 0. The number of nitrogens with zero attached hydrogens (tertiary/aromatic N) is 2. The van der Waals surface area contributed by atoms with E-state index in [2.05, 4.69) is 11.0 Å². The zero-order valence-electron chi connectivity index (χ0n) is 10.3. The van der Waals surface area contributed by atoms with Crippen molar-refractivity contribution in [2.75, 3.05) is 22.8 Å². The van der Waals surface area contributed by atoms with Crippen LogP contribution in [0.15, 0.2) is 24.3 Å². The summed E-state index contributed by atoms with van der Waals surface area (Å²) in [5.41, 5.74) is 0.548. The Hall–Kier alpha value is -0.990. The van der Waals surface area contributed by atoms with Gasteiger partial charge in [-0.1, -0.05) is 23.9 Å². The molecule has 2 unspecified atom stereocenters. The zero-order chi connectivity index (χ0) is 12.8. The smallest absolute Gasteiger partial charge is 0.251 e. The van der Waals surface area contributed by atoms with Crippen molar-refractivity contribution in [3.63, 3.8) is 0 Å². The summed E-state index contributed by atoms with van der Waals surface area (Å²) in [6, 6.07) is 10.5. The lowest BCUT2D eigenvalue weighted by atomic mass is 9.91. The van der Waals surface area contributed by atoms with Crippen LogP contribution in [0.25, 0.3) is 0 Å². The van der Waals surface area contributed by atoms with Crippen molar-refractivity contribution in [2.45, 2.75) is 12.0 Å². The van der Waals surface area contributed by atoms with E-state index in [1.165, 1.54) is 0 Å². The molecule has 0 bridgehead atoms. The van der Waals surface area contributed by atoms with Crippen LogP contribution in [0.3, 0.4) is 0 Å². The van der Waals surface area contributed by atoms with E-state index in [1.807, 2.05) is 38.2 Å². The first-order valence-corrected chi connectivity index (χ1v) is 7.92. The molecule has 0 amide bonds. The summed E-state index contributed by atoms with van der Waals surface area (Å²) < 4.78 is 6.21. The van der Waals surface area contributed by atoms with Gasteiger partial charge in [-0.25, -0.2) is 0 Å². The van der Waals surface area contributed by atoms with Crippen LogP contribution in [0.5, 0.6) is 5.75 Å². The van der Waals surface area contributed by atoms with Crippen molar-refractivity contribution in [2.24, 2.45) is 5.41 Å². The summed E-state index contributed by atoms with van der Waals surface area (Å²) in [4.78, 5) is 2.12. The van der Waals surface area contributed by atoms with Crippen LogP contribution in [0.4, 0.5) is 5.69 Å². The molecule has 3 nitrogen and oxygen atoms in total. The third-order valence-electron chi connectivity index (χ3n) is 3.59. The molecule has 1 fully saturated rings. The van der Waals surface area contributed by atoms with E-state index >= 15 is 0 Å². The standard InChI is InChI=1S/C13H14N2OS2/c1-12(7-14)8-17-9-18-13(12)15(2)10-5-3-4-6-11(10)16-13/h3-6H,8-9H2,1-2H3. The molecule has 1 aromatic carbocycles. The van der Waals surface area contributed by atoms with Crippen LogP contribution < -0.4 is 9.64 Å². The third-order valence-corrected chi connectivity index (χ3v) is 6.71. The van der Waals surface area contributed by atoms with E-state index in [0.29, 0.717) is 0 Å². The van der Waals surface area contributed by atoms with Gasteiger partial charge in [0.25, 0.3) is 5.06 Å². The fourth-order valence-electron chi connectivity index (χ4n) is 2.53. The Labute approximate surface area is 115 Å². The number of hydrogen-bond donors (Lipinski definition) is 0. The van der Waals surface area contributed by atoms with Crippen LogP contribution in [0.1, 0.15) is 6.92 Å². The molecule has 3 rings (SSSR count). The lowest BCUT2D eigenvalue weighted by Crippen LogP contribution is -2.59. The maximum absolute atomic E-state index is 9.59. The number of anilines is 1. The molecule has 1 saturated heterocycles. The maximum atomic E-state index is 9.59. The lowest BCUT2D eigenvalue weighted by molar-refractivity contribution is 0.0995. The number of para-hydroxylation sites is 2. The van der Waals surface area contributed by atoms with Crippen molar-refractivity contribution in [3.05, 3.63) is 24.3 Å². The largest absolute Gasteiger partial charge is 0.455 e. The zero-order valence-corrected chi connectivity index (χ0v) is 12.0. The molecule has 0 saturated carbocycles. The van der Waals surface area contributed by atoms with Gasteiger partial charge in [-0.05, 0) is 19.1 Å². The third kappa shape index (κ3) is 1.39. The summed E-state index contributed by atoms with van der Waals surface area (Å²) in [7, 11) is 2.02. The maximum Gasteiger partial charge on any atom is 0.251 e. The highest BCUT2D eigenvalue weighted by Gasteiger charge is 2.60. The topological polar surface area (TPSA) is 36.3 Å². The summed E-state index contributed by atoms with van der Waals surface area (Å²) in [5.74, 6) is 1.68. The van der Waals surface area contributed by atoms with E-state index in [1.54, 1.807) is 23.5 Å². The average molecular weight is 278 g/mol. The van der Waals surface area contributed by atoms with Gasteiger partial charge in [0.05, 0.1) is 11.8 Å². The second kappa shape index (κ2) is 4.01. The first-order valence-electron chi connectivity index (χ1n) is 5.78. The van der Waals surface area contributed by atoms with E-state index in [-0.39, 0.29) is 0 Å². The Morgan fingerprint density at radius 1 is 1.44 bits per heavy atom. The molecule has 18 heavy (non-hydrogen) atoms. The van der Waals surface area contributed by atoms with Crippen molar-refractivity contribution in [1.82, 2.24) is 0 Å². The molecule has 0 aromatic heterocycles. The summed E-state index contributed by atoms with van der Waals surface area (Å²) in [6.45, 7) is 1.99. The van der Waals surface area contributed by atoms with Crippen LogP contribution in [0, 0.1) is 16.7 Å². The number of nitriles is 1. The molecule has 2 aliphatic rings. The molecule has 0 N–H and O–H groups in total. The van der Waals surface area contributed by atoms with Gasteiger partial charge in [0.15, 0.2) is 0 Å². The van der Waals surface area contributed by atoms with Gasteiger partial charge in [-0.3, -0.25) is 0 Å². The molecule has 94 valence electrons. The van der Waals surface area contributed by atoms with Crippen molar-refractivity contribution in [3.8, 4) is 11.8 Å². The number of benzene rings is 1. The van der Waals surface area contributed by atoms with Gasteiger partial charge in [0.2, 0.25) is 0 Å². The van der Waals surface area contributed by atoms with Crippen molar-refractivity contribution < 1.29 is 4.74 Å². The minimum absolute atomic E-state index is 0.519. The van der Waals surface area contributed by atoms with Gasteiger partial charge in [0, 0.05) is 17.9 Å². The molecule has 0 radical (unpaired) electrons. The van der Waals surface area contributed by atoms with Gasteiger partial charge in [-0.15, -0.1) is 11.8 Å². The molecule has 2 heterocycles. The quantitative estimate of drug-likeness (QED) is 0.728. The van der Waals surface area contributed by atoms with E-state index in [4.69, 9.17) is 4.74 Å². The van der Waals surface area contributed by atoms with Crippen molar-refractivity contribution >= 4 is 29.2 Å². The monoisotopic (exact) mass is 278 g/mol. The van der Waals surface area contributed by atoms with Crippen LogP contribution in [-0.2, 0) is 0 Å². The molecule has 5 heteroatoms. The minimum atomic E-state index is -0.587. The number of ether oxygens (including phenoxy) is 1. The molecule has 2 aliphatic heterocycles. The summed E-state index contributed by atoms with van der Waals surface area (Å²) >= 11 is 3.52. The Kier molecular flexibility index (Phi) is 2.68. The highest BCUT2D eigenvalue weighted by atomic mass is 32.2. The van der Waals surface area contributed by atoms with Crippen LogP contribution in [0.2, 0.25) is 0 Å². The highest BCUT2D eigenvalue weighted by molar-refractivity contribution is 8.17. The predicted octanol–water partition coefficient (Wildman–Crippen LogP) is 3.14. The Morgan fingerprint density at radius 2 is 2.22 bits per heavy atom. The number of thioether (sulfide) groups is 2.